The summed E-state index contributed by atoms with van der Waals surface area (Å²) in [6.07, 6.45) is 2.49. The van der Waals surface area contributed by atoms with Crippen LogP contribution in [0.1, 0.15) is 24.5 Å². The largest absolute Gasteiger partial charge is 0.493 e. The number of rotatable bonds is 6. The van der Waals surface area contributed by atoms with Gasteiger partial charge in [0.2, 0.25) is 0 Å². The van der Waals surface area contributed by atoms with Crippen molar-refractivity contribution < 1.29 is 9.84 Å². The fraction of sp³-hybridized carbons (Fsp3) is 0.333. The smallest absolute Gasteiger partial charge is 0.184 e. The average Bonchev–Trinajstić information content (AvgIpc) is 2.36. The molecule has 0 aliphatic carbocycles. The van der Waals surface area contributed by atoms with Crippen molar-refractivity contribution in [3.8, 4) is 5.75 Å². The predicted molar refractivity (Wildman–Crippen MR) is 75.7 cm³/mol. The molecule has 0 bridgehead atoms. The van der Waals surface area contributed by atoms with Crippen LogP contribution in [0.5, 0.6) is 5.75 Å². The van der Waals surface area contributed by atoms with Crippen LogP contribution in [0, 0.1) is 0 Å². The lowest BCUT2D eigenvalue weighted by molar-refractivity contribution is 0.263. The molecule has 5 nitrogen and oxygen atoms in total. The Kier molecular flexibility index (Phi) is 6.10. The van der Waals surface area contributed by atoms with Crippen LogP contribution >= 0.6 is 12.2 Å². The topological polar surface area (TPSA) is 79.9 Å². The molecule has 4 N–H and O–H groups in total. The second kappa shape index (κ2) is 7.62. The van der Waals surface area contributed by atoms with E-state index in [4.69, 9.17) is 10.5 Å². The van der Waals surface area contributed by atoms with Crippen LogP contribution in [-0.4, -0.2) is 23.0 Å². The molecule has 98 valence electrons. The quantitative estimate of drug-likeness (QED) is 0.409. The van der Waals surface area contributed by atoms with Gasteiger partial charge in [0.15, 0.2) is 5.11 Å². The van der Waals surface area contributed by atoms with Crippen LogP contribution in [0.15, 0.2) is 23.3 Å². The van der Waals surface area contributed by atoms with Gasteiger partial charge in [-0.25, -0.2) is 0 Å². The molecule has 0 heterocycles. The van der Waals surface area contributed by atoms with Gasteiger partial charge in [-0.3, -0.25) is 5.43 Å². The molecule has 1 aromatic rings. The summed E-state index contributed by atoms with van der Waals surface area (Å²) in [6, 6.07) is 5.45. The van der Waals surface area contributed by atoms with Crippen molar-refractivity contribution in [2.24, 2.45) is 10.8 Å². The lowest BCUT2D eigenvalue weighted by atomic mass is 10.1. The van der Waals surface area contributed by atoms with E-state index in [0.717, 1.165) is 17.5 Å². The molecule has 0 saturated carbocycles. The van der Waals surface area contributed by atoms with Gasteiger partial charge in [-0.1, -0.05) is 6.92 Å². The lowest BCUT2D eigenvalue weighted by Crippen LogP contribution is -2.23. The maximum absolute atomic E-state index is 9.27. The number of aliphatic hydroxyl groups excluding tert-OH is 1. The maximum atomic E-state index is 9.27. The van der Waals surface area contributed by atoms with Crippen LogP contribution in [0.2, 0.25) is 0 Å². The zero-order valence-electron chi connectivity index (χ0n) is 10.2. The Morgan fingerprint density at radius 3 is 3.00 bits per heavy atom. The fourth-order valence-corrected chi connectivity index (χ4v) is 1.38. The number of hydrazone groups is 1. The summed E-state index contributed by atoms with van der Waals surface area (Å²) in [5.41, 5.74) is 9.25. The number of hydrogen-bond acceptors (Lipinski definition) is 4. The highest BCUT2D eigenvalue weighted by Gasteiger charge is 2.03. The van der Waals surface area contributed by atoms with Crippen molar-refractivity contribution >= 4 is 23.5 Å². The van der Waals surface area contributed by atoms with E-state index in [2.05, 4.69) is 22.7 Å². The first-order chi connectivity index (χ1) is 8.67. The molecule has 0 amide bonds. The number of ether oxygens (including phenoxy) is 1. The molecule has 0 aliphatic rings. The van der Waals surface area contributed by atoms with E-state index in [9.17, 15) is 5.11 Å². The normalized spacial score (nSPS) is 10.6. The van der Waals surface area contributed by atoms with Crippen molar-refractivity contribution in [2.75, 3.05) is 6.61 Å². The van der Waals surface area contributed by atoms with E-state index in [1.807, 2.05) is 19.1 Å². The van der Waals surface area contributed by atoms with Crippen LogP contribution in [0.3, 0.4) is 0 Å². The Balaban J connectivity index is 2.77. The highest BCUT2D eigenvalue weighted by molar-refractivity contribution is 7.80. The molecule has 0 aromatic heterocycles. The summed E-state index contributed by atoms with van der Waals surface area (Å²) in [6.45, 7) is 2.58. The van der Waals surface area contributed by atoms with E-state index in [1.54, 1.807) is 12.3 Å². The summed E-state index contributed by atoms with van der Waals surface area (Å²) in [4.78, 5) is 0. The number of nitrogens with one attached hydrogen (secondary N) is 1. The van der Waals surface area contributed by atoms with Crippen LogP contribution in [-0.2, 0) is 6.61 Å². The summed E-state index contributed by atoms with van der Waals surface area (Å²) in [7, 11) is 0. The van der Waals surface area contributed by atoms with Crippen molar-refractivity contribution in [1.82, 2.24) is 5.43 Å². The van der Waals surface area contributed by atoms with Gasteiger partial charge in [0.25, 0.3) is 0 Å². The molecule has 0 atom stereocenters. The highest BCUT2D eigenvalue weighted by atomic mass is 32.1. The van der Waals surface area contributed by atoms with Gasteiger partial charge >= 0.3 is 0 Å². The first-order valence-corrected chi connectivity index (χ1v) is 6.03. The third-order valence-corrected chi connectivity index (χ3v) is 2.20. The molecular weight excluding hydrogens is 250 g/mol. The highest BCUT2D eigenvalue weighted by Crippen LogP contribution is 2.19. The molecule has 6 heteroatoms. The lowest BCUT2D eigenvalue weighted by Gasteiger charge is -2.09. The minimum absolute atomic E-state index is 0.0799. The van der Waals surface area contributed by atoms with Gasteiger partial charge in [0, 0.05) is 5.56 Å². The van der Waals surface area contributed by atoms with Crippen LogP contribution in [0.4, 0.5) is 0 Å². The Morgan fingerprint density at radius 2 is 2.39 bits per heavy atom. The SMILES string of the molecule is CCCOc1ccc(C=NNC(N)=S)cc1CO. The van der Waals surface area contributed by atoms with Crippen molar-refractivity contribution in [3.63, 3.8) is 0 Å². The van der Waals surface area contributed by atoms with Crippen molar-refractivity contribution in [1.29, 1.82) is 0 Å². The predicted octanol–water partition coefficient (Wildman–Crippen LogP) is 1.13. The second-order valence-corrected chi connectivity index (χ2v) is 4.05. The van der Waals surface area contributed by atoms with Crippen molar-refractivity contribution in [3.05, 3.63) is 29.3 Å². The number of nitrogens with two attached hydrogens (primary N) is 1. The van der Waals surface area contributed by atoms with Crippen molar-refractivity contribution in [2.45, 2.75) is 20.0 Å². The minimum atomic E-state index is -0.0799. The molecule has 18 heavy (non-hydrogen) atoms. The molecular formula is C12H17N3O2S. The van der Waals surface area contributed by atoms with Gasteiger partial charge in [0.05, 0.1) is 19.4 Å². The third kappa shape index (κ3) is 4.68. The summed E-state index contributed by atoms with van der Waals surface area (Å²) in [5, 5.41) is 13.2. The standard InChI is InChI=1S/C12H17N3O2S/c1-2-5-17-11-4-3-9(6-10(11)8-16)7-14-15-12(13)18/h3-4,6-7,16H,2,5,8H2,1H3,(H3,13,15,18). The molecule has 0 aliphatic heterocycles. The molecule has 0 saturated heterocycles. The number of thiocarbonyl (C=S) groups is 1. The monoisotopic (exact) mass is 267 g/mol. The van der Waals surface area contributed by atoms with Gasteiger partial charge < -0.3 is 15.6 Å². The summed E-state index contributed by atoms with van der Waals surface area (Å²) in [5.74, 6) is 0.693. The van der Waals surface area contributed by atoms with Gasteiger partial charge in [-0.15, -0.1) is 0 Å². The molecule has 0 spiro atoms. The van der Waals surface area contributed by atoms with Gasteiger partial charge in [0.1, 0.15) is 5.75 Å². The van der Waals surface area contributed by atoms with E-state index in [1.165, 1.54) is 0 Å². The fourth-order valence-electron chi connectivity index (χ4n) is 1.33. The van der Waals surface area contributed by atoms with Crippen LogP contribution < -0.4 is 15.9 Å². The molecule has 0 fully saturated rings. The number of benzene rings is 1. The zero-order chi connectivity index (χ0) is 13.4. The molecule has 0 unspecified atom stereocenters. The van der Waals surface area contributed by atoms with Gasteiger partial charge in [-0.05, 0) is 42.4 Å². The number of aliphatic hydroxyl groups is 1. The Hall–Kier alpha value is -1.66. The first kappa shape index (κ1) is 14.4. The zero-order valence-corrected chi connectivity index (χ0v) is 11.0. The third-order valence-electron chi connectivity index (χ3n) is 2.10. The Bertz CT molecular complexity index is 435. The average molecular weight is 267 g/mol. The van der Waals surface area contributed by atoms with Crippen LogP contribution in [0.25, 0.3) is 0 Å². The molecule has 1 rings (SSSR count). The first-order valence-electron chi connectivity index (χ1n) is 5.62. The second-order valence-electron chi connectivity index (χ2n) is 3.61. The summed E-state index contributed by atoms with van der Waals surface area (Å²) < 4.78 is 5.51. The Morgan fingerprint density at radius 1 is 1.61 bits per heavy atom. The number of nitrogens with zero attached hydrogens (tertiary/aromatic N) is 1. The van der Waals surface area contributed by atoms with E-state index in [-0.39, 0.29) is 11.7 Å². The summed E-state index contributed by atoms with van der Waals surface area (Å²) >= 11 is 4.62. The maximum Gasteiger partial charge on any atom is 0.184 e. The van der Waals surface area contributed by atoms with Gasteiger partial charge in [-0.2, -0.15) is 5.10 Å². The minimum Gasteiger partial charge on any atom is -0.493 e. The number of hydrogen-bond donors (Lipinski definition) is 3. The molecule has 1 aromatic carbocycles. The Labute approximate surface area is 112 Å². The molecule has 0 radical (unpaired) electrons. The van der Waals surface area contributed by atoms with E-state index in [0.29, 0.717) is 12.4 Å². The van der Waals surface area contributed by atoms with E-state index < -0.39 is 0 Å². The van der Waals surface area contributed by atoms with E-state index >= 15 is 0 Å².